The molecule has 6 nitrogen and oxygen atoms in total. The number of nitrogens with two attached hydrogens (primary N) is 1. The van der Waals surface area contributed by atoms with Crippen molar-refractivity contribution in [2.24, 2.45) is 0 Å². The molecule has 0 amide bonds. The monoisotopic (exact) mass is 251 g/mol. The van der Waals surface area contributed by atoms with Crippen molar-refractivity contribution < 1.29 is 14.6 Å². The van der Waals surface area contributed by atoms with Crippen LogP contribution in [-0.2, 0) is 4.74 Å². The number of carboxylic acids is 1. The Bertz CT molecular complexity index is 454. The Labute approximate surface area is 105 Å². The number of nitrogens with zero attached hydrogens (tertiary/aromatic N) is 2. The first-order chi connectivity index (χ1) is 8.47. The van der Waals surface area contributed by atoms with E-state index < -0.39 is 5.97 Å². The molecule has 0 aromatic carbocycles. The highest BCUT2D eigenvalue weighted by molar-refractivity contribution is 5.92. The zero-order chi connectivity index (χ0) is 13.3. The predicted molar refractivity (Wildman–Crippen MR) is 67.8 cm³/mol. The molecule has 98 valence electrons. The lowest BCUT2D eigenvalue weighted by atomic mass is 10.2. The SMILES string of the molecule is C[C@@H]1CN(c2ccc(C(=O)O)c(N)n2)C[C@H](C)O1. The number of aromatic carboxylic acids is 1. The van der Waals surface area contributed by atoms with Gasteiger partial charge in [-0.3, -0.25) is 0 Å². The van der Waals surface area contributed by atoms with Crippen LogP contribution in [0.4, 0.5) is 11.6 Å². The van der Waals surface area contributed by atoms with Crippen molar-refractivity contribution in [2.45, 2.75) is 26.1 Å². The number of nitrogen functional groups attached to an aromatic ring is 1. The van der Waals surface area contributed by atoms with Gasteiger partial charge in [-0.1, -0.05) is 0 Å². The summed E-state index contributed by atoms with van der Waals surface area (Å²) < 4.78 is 5.64. The molecule has 0 spiro atoms. The summed E-state index contributed by atoms with van der Waals surface area (Å²) in [6.45, 7) is 5.45. The van der Waals surface area contributed by atoms with E-state index in [1.807, 2.05) is 13.8 Å². The maximum atomic E-state index is 10.9. The van der Waals surface area contributed by atoms with Gasteiger partial charge in [0.15, 0.2) is 0 Å². The fourth-order valence-electron chi connectivity index (χ4n) is 2.19. The summed E-state index contributed by atoms with van der Waals surface area (Å²) in [7, 11) is 0. The summed E-state index contributed by atoms with van der Waals surface area (Å²) in [4.78, 5) is 17.1. The van der Waals surface area contributed by atoms with Crippen molar-refractivity contribution in [3.8, 4) is 0 Å². The number of carboxylic acid groups (broad SMARTS) is 1. The van der Waals surface area contributed by atoms with Crippen LogP contribution in [0, 0.1) is 0 Å². The molecule has 2 heterocycles. The minimum absolute atomic E-state index is 0.0353. The van der Waals surface area contributed by atoms with Gasteiger partial charge in [0, 0.05) is 13.1 Å². The number of pyridine rings is 1. The van der Waals surface area contributed by atoms with Crippen LogP contribution >= 0.6 is 0 Å². The summed E-state index contributed by atoms with van der Waals surface area (Å²) >= 11 is 0. The standard InChI is InChI=1S/C12H17N3O3/c1-7-5-15(6-8(2)18-7)10-4-3-9(12(16)17)11(13)14-10/h3-4,7-8H,5-6H2,1-2H3,(H2,13,14)(H,16,17)/t7-,8+. The molecular formula is C12H17N3O3. The topological polar surface area (TPSA) is 88.7 Å². The Kier molecular flexibility index (Phi) is 3.38. The van der Waals surface area contributed by atoms with Crippen molar-refractivity contribution in [1.29, 1.82) is 0 Å². The Balaban J connectivity index is 2.23. The summed E-state index contributed by atoms with van der Waals surface area (Å²) in [5.74, 6) is -0.318. The molecule has 1 aliphatic rings. The van der Waals surface area contributed by atoms with Gasteiger partial charge in [0.25, 0.3) is 0 Å². The fourth-order valence-corrected chi connectivity index (χ4v) is 2.19. The van der Waals surface area contributed by atoms with Gasteiger partial charge >= 0.3 is 5.97 Å². The van der Waals surface area contributed by atoms with E-state index in [9.17, 15) is 4.79 Å². The maximum absolute atomic E-state index is 10.9. The number of carbonyl (C=O) groups is 1. The molecule has 18 heavy (non-hydrogen) atoms. The lowest BCUT2D eigenvalue weighted by Crippen LogP contribution is -2.45. The lowest BCUT2D eigenvalue weighted by molar-refractivity contribution is -0.00546. The van der Waals surface area contributed by atoms with Crippen molar-refractivity contribution >= 4 is 17.6 Å². The van der Waals surface area contributed by atoms with Crippen LogP contribution in [0.2, 0.25) is 0 Å². The first kappa shape index (κ1) is 12.6. The average molecular weight is 251 g/mol. The molecule has 0 unspecified atom stereocenters. The van der Waals surface area contributed by atoms with E-state index >= 15 is 0 Å². The van der Waals surface area contributed by atoms with Crippen LogP contribution < -0.4 is 10.6 Å². The molecule has 6 heteroatoms. The molecule has 1 saturated heterocycles. The summed E-state index contributed by atoms with van der Waals surface area (Å²) in [6.07, 6.45) is 0.242. The summed E-state index contributed by atoms with van der Waals surface area (Å²) in [5, 5.41) is 8.90. The predicted octanol–water partition coefficient (Wildman–Crippen LogP) is 0.976. The first-order valence-electron chi connectivity index (χ1n) is 5.87. The minimum atomic E-state index is -1.06. The van der Waals surface area contributed by atoms with Crippen LogP contribution in [0.3, 0.4) is 0 Å². The van der Waals surface area contributed by atoms with Gasteiger partial charge in [-0.2, -0.15) is 0 Å². The number of anilines is 2. The second-order valence-electron chi connectivity index (χ2n) is 4.57. The van der Waals surface area contributed by atoms with Crippen molar-refractivity contribution in [2.75, 3.05) is 23.7 Å². The normalized spacial score (nSPS) is 24.0. The molecule has 0 radical (unpaired) electrons. The van der Waals surface area contributed by atoms with Crippen molar-refractivity contribution in [1.82, 2.24) is 4.98 Å². The second kappa shape index (κ2) is 4.81. The Morgan fingerprint density at radius 3 is 2.56 bits per heavy atom. The van der Waals surface area contributed by atoms with E-state index in [1.54, 1.807) is 6.07 Å². The third-order valence-corrected chi connectivity index (χ3v) is 2.88. The number of hydrogen-bond donors (Lipinski definition) is 2. The number of morpholine rings is 1. The van der Waals surface area contributed by atoms with Crippen molar-refractivity contribution in [3.63, 3.8) is 0 Å². The van der Waals surface area contributed by atoms with Gasteiger partial charge in [0.05, 0.1) is 12.2 Å². The highest BCUT2D eigenvalue weighted by Gasteiger charge is 2.23. The highest BCUT2D eigenvalue weighted by Crippen LogP contribution is 2.21. The van der Waals surface area contributed by atoms with Crippen LogP contribution in [0.5, 0.6) is 0 Å². The smallest absolute Gasteiger partial charge is 0.339 e. The van der Waals surface area contributed by atoms with Crippen LogP contribution in [0.25, 0.3) is 0 Å². The molecule has 1 aliphatic heterocycles. The average Bonchev–Trinajstić information content (AvgIpc) is 2.26. The zero-order valence-electron chi connectivity index (χ0n) is 10.5. The molecule has 2 atom stereocenters. The molecule has 1 aromatic heterocycles. The van der Waals surface area contributed by atoms with E-state index in [4.69, 9.17) is 15.6 Å². The second-order valence-corrected chi connectivity index (χ2v) is 4.57. The third kappa shape index (κ3) is 2.53. The Morgan fingerprint density at radius 1 is 1.44 bits per heavy atom. The molecule has 0 aliphatic carbocycles. The van der Waals surface area contributed by atoms with Gasteiger partial charge in [-0.05, 0) is 26.0 Å². The molecular weight excluding hydrogens is 234 g/mol. The largest absolute Gasteiger partial charge is 0.478 e. The Hall–Kier alpha value is -1.82. The quantitative estimate of drug-likeness (QED) is 0.814. The number of hydrogen-bond acceptors (Lipinski definition) is 5. The zero-order valence-corrected chi connectivity index (χ0v) is 10.5. The summed E-state index contributed by atoms with van der Waals surface area (Å²) in [6, 6.07) is 3.18. The van der Waals surface area contributed by atoms with E-state index in [1.165, 1.54) is 6.07 Å². The molecule has 1 aromatic rings. The van der Waals surface area contributed by atoms with E-state index in [0.717, 1.165) is 13.1 Å². The van der Waals surface area contributed by atoms with Crippen LogP contribution in [0.15, 0.2) is 12.1 Å². The van der Waals surface area contributed by atoms with E-state index in [0.29, 0.717) is 5.82 Å². The molecule has 2 rings (SSSR count). The van der Waals surface area contributed by atoms with Crippen molar-refractivity contribution in [3.05, 3.63) is 17.7 Å². The maximum Gasteiger partial charge on any atom is 0.339 e. The first-order valence-corrected chi connectivity index (χ1v) is 5.87. The van der Waals surface area contributed by atoms with Gasteiger partial charge in [0.2, 0.25) is 0 Å². The fraction of sp³-hybridized carbons (Fsp3) is 0.500. The summed E-state index contributed by atoms with van der Waals surface area (Å²) in [5.41, 5.74) is 5.68. The van der Waals surface area contributed by atoms with Crippen LogP contribution in [-0.4, -0.2) is 41.4 Å². The molecule has 0 saturated carbocycles. The molecule has 3 N–H and O–H groups in total. The van der Waals surface area contributed by atoms with E-state index in [-0.39, 0.29) is 23.6 Å². The number of ether oxygens (including phenoxy) is 1. The van der Waals surface area contributed by atoms with Gasteiger partial charge in [-0.15, -0.1) is 0 Å². The van der Waals surface area contributed by atoms with Gasteiger partial charge in [0.1, 0.15) is 17.2 Å². The van der Waals surface area contributed by atoms with Gasteiger partial charge in [-0.25, -0.2) is 9.78 Å². The number of aromatic nitrogens is 1. The third-order valence-electron chi connectivity index (χ3n) is 2.88. The number of rotatable bonds is 2. The van der Waals surface area contributed by atoms with Gasteiger partial charge < -0.3 is 20.5 Å². The Morgan fingerprint density at radius 2 is 2.06 bits per heavy atom. The molecule has 1 fully saturated rings. The minimum Gasteiger partial charge on any atom is -0.478 e. The highest BCUT2D eigenvalue weighted by atomic mass is 16.5. The van der Waals surface area contributed by atoms with Crippen LogP contribution in [0.1, 0.15) is 24.2 Å². The van der Waals surface area contributed by atoms with E-state index in [2.05, 4.69) is 9.88 Å². The lowest BCUT2D eigenvalue weighted by Gasteiger charge is -2.36. The molecule has 0 bridgehead atoms.